The Morgan fingerprint density at radius 2 is 1.92 bits per heavy atom. The van der Waals surface area contributed by atoms with E-state index in [2.05, 4.69) is 15.3 Å². The molecule has 1 amide bonds. The molecule has 0 unspecified atom stereocenters. The molecule has 3 rings (SSSR count). The van der Waals surface area contributed by atoms with E-state index >= 15 is 0 Å². The van der Waals surface area contributed by atoms with Crippen molar-refractivity contribution in [1.82, 2.24) is 9.97 Å². The maximum atomic E-state index is 11.7. The van der Waals surface area contributed by atoms with Gasteiger partial charge in [-0.1, -0.05) is 6.07 Å². The Kier molecular flexibility index (Phi) is 4.04. The van der Waals surface area contributed by atoms with Gasteiger partial charge in [-0.3, -0.25) is 9.59 Å². The maximum absolute atomic E-state index is 11.7. The number of pyridine rings is 2. The molecule has 24 heavy (non-hydrogen) atoms. The second-order valence-electron chi connectivity index (χ2n) is 5.90. The van der Waals surface area contributed by atoms with Gasteiger partial charge in [0.25, 0.3) is 5.91 Å². The molecule has 0 fully saturated rings. The number of aromatic amines is 1. The number of aromatic nitrogens is 2. The molecule has 6 heteroatoms. The summed E-state index contributed by atoms with van der Waals surface area (Å²) in [5, 5.41) is 3.95. The zero-order chi connectivity index (χ0) is 17.3. The van der Waals surface area contributed by atoms with Gasteiger partial charge in [0.2, 0.25) is 5.56 Å². The number of benzene rings is 1. The van der Waals surface area contributed by atoms with E-state index in [9.17, 15) is 9.59 Å². The lowest BCUT2D eigenvalue weighted by atomic mass is 10.0. The maximum Gasteiger partial charge on any atom is 0.252 e. The molecule has 0 radical (unpaired) electrons. The summed E-state index contributed by atoms with van der Waals surface area (Å²) in [6, 6.07) is 10.8. The van der Waals surface area contributed by atoms with Gasteiger partial charge in [0, 0.05) is 23.7 Å². The van der Waals surface area contributed by atoms with Crippen molar-refractivity contribution in [2.75, 3.05) is 5.32 Å². The van der Waals surface area contributed by atoms with Crippen LogP contribution in [0.4, 0.5) is 5.82 Å². The van der Waals surface area contributed by atoms with Crippen LogP contribution in [0.2, 0.25) is 0 Å². The third-order valence-electron chi connectivity index (χ3n) is 3.62. The number of nitrogens with one attached hydrogen (secondary N) is 2. The minimum atomic E-state index is -0.526. The first-order valence-corrected chi connectivity index (χ1v) is 7.64. The molecule has 1 aromatic carbocycles. The monoisotopic (exact) mass is 322 g/mol. The predicted octanol–water partition coefficient (Wildman–Crippen LogP) is 2.51. The Morgan fingerprint density at radius 1 is 1.17 bits per heavy atom. The number of amides is 1. The first kappa shape index (κ1) is 15.7. The summed E-state index contributed by atoms with van der Waals surface area (Å²) in [7, 11) is 0. The number of nitrogens with two attached hydrogens (primary N) is 1. The molecule has 3 aromatic rings. The lowest BCUT2D eigenvalue weighted by molar-refractivity contribution is 0.100. The Bertz CT molecular complexity index is 956. The molecule has 0 saturated heterocycles. The second kappa shape index (κ2) is 6.16. The van der Waals surface area contributed by atoms with E-state index in [-0.39, 0.29) is 11.6 Å². The molecule has 0 aliphatic heterocycles. The fraction of sp³-hybridized carbons (Fsp3) is 0.167. The zero-order valence-corrected chi connectivity index (χ0v) is 13.5. The molecule has 122 valence electrons. The quantitative estimate of drug-likeness (QED) is 0.687. The van der Waals surface area contributed by atoms with E-state index in [0.29, 0.717) is 11.4 Å². The lowest BCUT2D eigenvalue weighted by Crippen LogP contribution is -2.19. The third-order valence-corrected chi connectivity index (χ3v) is 3.62. The van der Waals surface area contributed by atoms with Gasteiger partial charge in [-0.15, -0.1) is 0 Å². The number of carbonyl (C=O) groups is 1. The normalized spacial score (nSPS) is 11.0. The molecule has 0 spiro atoms. The van der Waals surface area contributed by atoms with E-state index in [4.69, 9.17) is 5.73 Å². The number of anilines is 1. The van der Waals surface area contributed by atoms with Crippen molar-refractivity contribution in [2.45, 2.75) is 19.9 Å². The van der Waals surface area contributed by atoms with Gasteiger partial charge in [-0.2, -0.15) is 0 Å². The van der Waals surface area contributed by atoms with Crippen molar-refractivity contribution >= 4 is 22.6 Å². The van der Waals surface area contributed by atoms with Crippen LogP contribution in [-0.4, -0.2) is 21.9 Å². The number of nitrogens with zero attached hydrogens (tertiary/aromatic N) is 1. The number of hydrogen-bond donors (Lipinski definition) is 3. The smallest absolute Gasteiger partial charge is 0.252 e. The number of H-pyrrole nitrogens is 1. The van der Waals surface area contributed by atoms with Crippen molar-refractivity contribution in [3.05, 3.63) is 58.5 Å². The van der Waals surface area contributed by atoms with Gasteiger partial charge in [0.1, 0.15) is 5.82 Å². The first-order valence-electron chi connectivity index (χ1n) is 7.64. The lowest BCUT2D eigenvalue weighted by Gasteiger charge is -2.13. The molecule has 6 nitrogen and oxygen atoms in total. The Morgan fingerprint density at radius 3 is 2.54 bits per heavy atom. The van der Waals surface area contributed by atoms with Crippen LogP contribution >= 0.6 is 0 Å². The number of primary amides is 1. The van der Waals surface area contributed by atoms with Crippen LogP contribution in [0, 0.1) is 0 Å². The van der Waals surface area contributed by atoms with Gasteiger partial charge in [0.05, 0.1) is 11.1 Å². The van der Waals surface area contributed by atoms with Crippen molar-refractivity contribution in [1.29, 1.82) is 0 Å². The molecule has 2 heterocycles. The zero-order valence-electron chi connectivity index (χ0n) is 13.5. The molecule has 0 bridgehead atoms. The third kappa shape index (κ3) is 3.12. The summed E-state index contributed by atoms with van der Waals surface area (Å²) in [5.74, 6) is -0.0382. The van der Waals surface area contributed by atoms with Crippen LogP contribution in [0.25, 0.3) is 22.0 Å². The summed E-state index contributed by atoms with van der Waals surface area (Å²) >= 11 is 0. The van der Waals surface area contributed by atoms with Gasteiger partial charge < -0.3 is 16.0 Å². The van der Waals surface area contributed by atoms with Crippen LogP contribution in [0.15, 0.2) is 47.4 Å². The highest BCUT2D eigenvalue weighted by atomic mass is 16.1. The first-order chi connectivity index (χ1) is 11.4. The number of hydrogen-bond acceptors (Lipinski definition) is 4. The van der Waals surface area contributed by atoms with E-state index in [1.807, 2.05) is 32.0 Å². The highest BCUT2D eigenvalue weighted by Gasteiger charge is 2.13. The predicted molar refractivity (Wildman–Crippen MR) is 95.1 cm³/mol. The van der Waals surface area contributed by atoms with Crippen LogP contribution in [0.5, 0.6) is 0 Å². The van der Waals surface area contributed by atoms with Crippen LogP contribution < -0.4 is 16.6 Å². The summed E-state index contributed by atoms with van der Waals surface area (Å²) < 4.78 is 0. The van der Waals surface area contributed by atoms with Gasteiger partial charge in [-0.05, 0) is 49.2 Å². The van der Waals surface area contributed by atoms with Crippen LogP contribution in [0.1, 0.15) is 24.2 Å². The minimum absolute atomic E-state index is 0.133. The van der Waals surface area contributed by atoms with Crippen LogP contribution in [0.3, 0.4) is 0 Å². The fourth-order valence-electron chi connectivity index (χ4n) is 2.52. The molecule has 0 saturated carbocycles. The van der Waals surface area contributed by atoms with E-state index in [1.54, 1.807) is 18.3 Å². The molecule has 0 atom stereocenters. The Balaban J connectivity index is 2.14. The molecule has 2 aromatic heterocycles. The Labute approximate surface area is 138 Å². The highest BCUT2D eigenvalue weighted by Crippen LogP contribution is 2.26. The molecular formula is C18H18N4O2. The second-order valence-corrected chi connectivity index (χ2v) is 5.90. The van der Waals surface area contributed by atoms with Gasteiger partial charge in [-0.25, -0.2) is 4.98 Å². The largest absolute Gasteiger partial charge is 0.367 e. The average molecular weight is 322 g/mol. The molecular weight excluding hydrogens is 304 g/mol. The van der Waals surface area contributed by atoms with E-state index in [0.717, 1.165) is 22.0 Å². The number of carbonyl (C=O) groups excluding carboxylic acids is 1. The summed E-state index contributed by atoms with van der Waals surface area (Å²) in [4.78, 5) is 30.1. The SMILES string of the molecule is CC(C)Nc1nc2ccc(-c3ccc(=O)[nH]c3)cc2cc1C(N)=O. The molecule has 4 N–H and O–H groups in total. The van der Waals surface area contributed by atoms with Crippen LogP contribution in [-0.2, 0) is 0 Å². The highest BCUT2D eigenvalue weighted by molar-refractivity contribution is 6.01. The van der Waals surface area contributed by atoms with Crippen molar-refractivity contribution < 1.29 is 4.79 Å². The van der Waals surface area contributed by atoms with Crippen molar-refractivity contribution in [3.8, 4) is 11.1 Å². The number of fused-ring (bicyclic) bond motifs is 1. The van der Waals surface area contributed by atoms with E-state index < -0.39 is 5.91 Å². The van der Waals surface area contributed by atoms with E-state index in [1.165, 1.54) is 6.07 Å². The summed E-state index contributed by atoms with van der Waals surface area (Å²) in [5.41, 5.74) is 8.25. The summed E-state index contributed by atoms with van der Waals surface area (Å²) in [6.45, 7) is 3.94. The van der Waals surface area contributed by atoms with Crippen molar-refractivity contribution in [3.63, 3.8) is 0 Å². The molecule has 0 aliphatic carbocycles. The average Bonchev–Trinajstić information content (AvgIpc) is 2.54. The van der Waals surface area contributed by atoms with Gasteiger partial charge >= 0.3 is 0 Å². The Hall–Kier alpha value is -3.15. The number of rotatable bonds is 4. The topological polar surface area (TPSA) is 101 Å². The summed E-state index contributed by atoms with van der Waals surface area (Å²) in [6.07, 6.45) is 1.65. The standard InChI is InChI=1S/C18H18N4O2/c1-10(2)21-18-14(17(19)24)8-13-7-11(3-5-15(13)22-18)12-4-6-16(23)20-9-12/h3-10H,1-2H3,(H2,19,24)(H,20,23)(H,21,22). The fourth-order valence-corrected chi connectivity index (χ4v) is 2.52. The minimum Gasteiger partial charge on any atom is -0.367 e. The van der Waals surface area contributed by atoms with Gasteiger partial charge in [0.15, 0.2) is 0 Å². The van der Waals surface area contributed by atoms with Crippen molar-refractivity contribution in [2.24, 2.45) is 5.73 Å². The molecule has 0 aliphatic rings.